The van der Waals surface area contributed by atoms with Crippen LogP contribution in [0.25, 0.3) is 49.0 Å². The molecule has 0 radical (unpaired) electrons. The van der Waals surface area contributed by atoms with Gasteiger partial charge in [-0.05, 0) is 96.9 Å². The Hall–Kier alpha value is -7.46. The first-order chi connectivity index (χ1) is 29.3. The predicted molar refractivity (Wildman–Crippen MR) is 254 cm³/mol. The Morgan fingerprint density at radius 3 is 1.53 bits per heavy atom. The highest BCUT2D eigenvalue weighted by atomic mass is 28.3. The van der Waals surface area contributed by atoms with Gasteiger partial charge in [0.15, 0.2) is 8.07 Å². The van der Waals surface area contributed by atoms with E-state index in [0.717, 1.165) is 22.7 Å². The Bertz CT molecular complexity index is 3170. The van der Waals surface area contributed by atoms with Crippen LogP contribution in [0.5, 0.6) is 0 Å². The maximum atomic E-state index is 2.50. The van der Waals surface area contributed by atoms with Gasteiger partial charge in [0.2, 0.25) is 0 Å². The van der Waals surface area contributed by atoms with Gasteiger partial charge in [-0.25, -0.2) is 0 Å². The largest absolute Gasteiger partial charge is 0.310 e. The first-order valence-corrected chi connectivity index (χ1v) is 22.4. The van der Waals surface area contributed by atoms with Gasteiger partial charge in [-0.3, -0.25) is 0 Å². The number of rotatable bonds is 8. The second-order valence-electron chi connectivity index (χ2n) is 15.3. The summed E-state index contributed by atoms with van der Waals surface area (Å²) < 4.78 is 2.41. The van der Waals surface area contributed by atoms with Crippen molar-refractivity contribution in [3.8, 4) is 5.69 Å². The van der Waals surface area contributed by atoms with Crippen molar-refractivity contribution in [1.29, 1.82) is 0 Å². The maximum Gasteiger partial charge on any atom is 0.179 e. The molecule has 0 N–H and O–H groups in total. The van der Waals surface area contributed by atoms with Gasteiger partial charge in [0.1, 0.15) is 0 Å². The minimum Gasteiger partial charge on any atom is -0.310 e. The Balaban J connectivity index is 1.22. The number of aromatic nitrogens is 1. The third-order valence-electron chi connectivity index (χ3n) is 12.1. The summed E-state index contributed by atoms with van der Waals surface area (Å²) in [6, 6.07) is 89.6. The van der Waals surface area contributed by atoms with E-state index in [0.29, 0.717) is 0 Å². The van der Waals surface area contributed by atoms with Crippen molar-refractivity contribution >= 4 is 89.2 Å². The Morgan fingerprint density at radius 1 is 0.322 bits per heavy atom. The van der Waals surface area contributed by atoms with Crippen LogP contribution >= 0.6 is 0 Å². The monoisotopic (exact) mass is 768 g/mol. The molecule has 3 heteroatoms. The molecule has 0 amide bonds. The van der Waals surface area contributed by atoms with Crippen molar-refractivity contribution in [1.82, 2.24) is 4.57 Å². The highest BCUT2D eigenvalue weighted by Crippen LogP contribution is 2.44. The van der Waals surface area contributed by atoms with Gasteiger partial charge in [0.25, 0.3) is 0 Å². The van der Waals surface area contributed by atoms with Crippen LogP contribution in [-0.4, -0.2) is 12.6 Å². The molecule has 0 aliphatic carbocycles. The maximum absolute atomic E-state index is 2.82. The van der Waals surface area contributed by atoms with Crippen molar-refractivity contribution in [3.63, 3.8) is 0 Å². The van der Waals surface area contributed by atoms with E-state index in [2.05, 4.69) is 252 Å². The lowest BCUT2D eigenvalue weighted by atomic mass is 10.0. The summed E-state index contributed by atoms with van der Waals surface area (Å²) in [5, 5.41) is 12.8. The lowest BCUT2D eigenvalue weighted by molar-refractivity contribution is 1.18. The van der Waals surface area contributed by atoms with Gasteiger partial charge >= 0.3 is 0 Å². The number of fused-ring (bicyclic) bond motifs is 6. The molecule has 0 spiro atoms. The van der Waals surface area contributed by atoms with Crippen LogP contribution in [0.1, 0.15) is 0 Å². The van der Waals surface area contributed by atoms with Crippen LogP contribution < -0.4 is 25.6 Å². The summed E-state index contributed by atoms with van der Waals surface area (Å²) in [4.78, 5) is 2.50. The van der Waals surface area contributed by atoms with E-state index in [1.807, 2.05) is 0 Å². The molecule has 10 aromatic carbocycles. The lowest BCUT2D eigenvalue weighted by Crippen LogP contribution is -2.74. The molecule has 2 nitrogen and oxygen atoms in total. The van der Waals surface area contributed by atoms with Gasteiger partial charge < -0.3 is 9.47 Å². The molecule has 11 rings (SSSR count). The molecule has 0 bridgehead atoms. The molecule has 0 aliphatic rings. The predicted octanol–water partition coefficient (Wildman–Crippen LogP) is 11.9. The van der Waals surface area contributed by atoms with E-state index in [1.165, 1.54) is 64.1 Å². The Morgan fingerprint density at radius 2 is 0.831 bits per heavy atom. The minimum absolute atomic E-state index is 1.11. The van der Waals surface area contributed by atoms with Crippen molar-refractivity contribution in [2.75, 3.05) is 4.90 Å². The number of nitrogens with zero attached hydrogens (tertiary/aromatic N) is 2. The van der Waals surface area contributed by atoms with E-state index in [9.17, 15) is 0 Å². The average Bonchev–Trinajstić information content (AvgIpc) is 3.66. The molecule has 0 saturated heterocycles. The van der Waals surface area contributed by atoms with Gasteiger partial charge in [-0.15, -0.1) is 0 Å². The van der Waals surface area contributed by atoms with Crippen molar-refractivity contribution < 1.29 is 0 Å². The molecule has 0 saturated carbocycles. The van der Waals surface area contributed by atoms with Gasteiger partial charge in [0, 0.05) is 27.8 Å². The number of para-hydroxylation sites is 2. The minimum atomic E-state index is -2.82. The summed E-state index contributed by atoms with van der Waals surface area (Å²) >= 11 is 0. The molecule has 278 valence electrons. The second-order valence-corrected chi connectivity index (χ2v) is 19.1. The van der Waals surface area contributed by atoms with Gasteiger partial charge in [-0.2, -0.15) is 0 Å². The smallest absolute Gasteiger partial charge is 0.179 e. The highest BCUT2D eigenvalue weighted by molar-refractivity contribution is 7.19. The summed E-state index contributed by atoms with van der Waals surface area (Å²) in [5.74, 6) is 0. The average molecular weight is 769 g/mol. The Kier molecular flexibility index (Phi) is 8.53. The number of hydrogen-bond donors (Lipinski definition) is 0. The van der Waals surface area contributed by atoms with Gasteiger partial charge in [-0.1, -0.05) is 188 Å². The lowest BCUT2D eigenvalue weighted by Gasteiger charge is -2.35. The fraction of sp³-hybridized carbons (Fsp3) is 0. The summed E-state index contributed by atoms with van der Waals surface area (Å²) in [5.41, 5.74) is 6.86. The topological polar surface area (TPSA) is 8.17 Å². The second kappa shape index (κ2) is 14.5. The normalized spacial score (nSPS) is 11.7. The molecule has 0 aliphatic heterocycles. The van der Waals surface area contributed by atoms with Crippen molar-refractivity contribution in [2.24, 2.45) is 0 Å². The quantitative estimate of drug-likeness (QED) is 0.0849. The zero-order valence-electron chi connectivity index (χ0n) is 32.5. The standard InChI is InChI=1S/C56H40N2Si/c1-5-20-43(21-6-1)58-53-32-16-15-31-52(53)56-54(33-18-34-55(56)58)57(45-37-38-51-42(39-45)36-35-41-19-13-14-30-50(41)51)44-22-17-29-49(40-44)59(46-23-7-2-8-24-46,47-25-9-3-10-26-47)48-27-11-4-12-28-48/h1-40H. The molecule has 1 heterocycles. The molecule has 0 unspecified atom stereocenters. The third kappa shape index (κ3) is 5.70. The molecular formula is C56H40N2Si. The fourth-order valence-corrected chi connectivity index (χ4v) is 14.3. The molecular weight excluding hydrogens is 729 g/mol. The van der Waals surface area contributed by atoms with E-state index in [-0.39, 0.29) is 0 Å². The Labute approximate surface area is 345 Å². The first-order valence-electron chi connectivity index (χ1n) is 20.4. The molecule has 0 fully saturated rings. The fourth-order valence-electron chi connectivity index (χ4n) is 9.55. The van der Waals surface area contributed by atoms with E-state index in [1.54, 1.807) is 0 Å². The first kappa shape index (κ1) is 34.8. The van der Waals surface area contributed by atoms with Gasteiger partial charge in [0.05, 0.1) is 16.7 Å². The summed E-state index contributed by atoms with van der Waals surface area (Å²) in [6.07, 6.45) is 0. The van der Waals surface area contributed by atoms with Crippen LogP contribution in [0.4, 0.5) is 17.1 Å². The molecule has 11 aromatic rings. The summed E-state index contributed by atoms with van der Waals surface area (Å²) in [7, 11) is -2.82. The van der Waals surface area contributed by atoms with Crippen LogP contribution in [-0.2, 0) is 0 Å². The van der Waals surface area contributed by atoms with Crippen LogP contribution in [0.15, 0.2) is 243 Å². The molecule has 0 atom stereocenters. The van der Waals surface area contributed by atoms with Crippen LogP contribution in [0, 0.1) is 0 Å². The number of benzene rings is 10. The van der Waals surface area contributed by atoms with Crippen molar-refractivity contribution in [2.45, 2.75) is 0 Å². The van der Waals surface area contributed by atoms with Crippen molar-refractivity contribution in [3.05, 3.63) is 243 Å². The number of anilines is 3. The zero-order chi connectivity index (χ0) is 39.2. The third-order valence-corrected chi connectivity index (χ3v) is 16.9. The van der Waals surface area contributed by atoms with Crippen LogP contribution in [0.3, 0.4) is 0 Å². The molecule has 1 aromatic heterocycles. The number of hydrogen-bond acceptors (Lipinski definition) is 1. The van der Waals surface area contributed by atoms with E-state index in [4.69, 9.17) is 0 Å². The highest BCUT2D eigenvalue weighted by Gasteiger charge is 2.41. The zero-order valence-corrected chi connectivity index (χ0v) is 33.5. The van der Waals surface area contributed by atoms with E-state index >= 15 is 0 Å². The summed E-state index contributed by atoms with van der Waals surface area (Å²) in [6.45, 7) is 0. The SMILES string of the molecule is c1ccc(-n2c3ccccc3c3c(N(c4cccc([Si](c5ccccc5)(c5ccccc5)c5ccccc5)c4)c4ccc5c(ccc6ccccc65)c4)cccc32)cc1. The van der Waals surface area contributed by atoms with Crippen LogP contribution in [0.2, 0.25) is 0 Å². The molecule has 59 heavy (non-hydrogen) atoms. The van der Waals surface area contributed by atoms with E-state index < -0.39 is 8.07 Å².